The molecule has 1 aliphatic rings. The summed E-state index contributed by atoms with van der Waals surface area (Å²) < 4.78 is 27.8. The molecule has 8 heteroatoms. The maximum atomic E-state index is 12.7. The molecule has 0 unspecified atom stereocenters. The second kappa shape index (κ2) is 10.4. The van der Waals surface area contributed by atoms with Gasteiger partial charge in [0.15, 0.2) is 0 Å². The van der Waals surface area contributed by atoms with E-state index in [1.54, 1.807) is 12.1 Å². The number of benzene rings is 3. The second-order valence-corrected chi connectivity index (χ2v) is 9.43. The molecule has 3 N–H and O–H groups in total. The highest BCUT2D eigenvalue weighted by Crippen LogP contribution is 2.22. The largest absolute Gasteiger partial charge is 0.325 e. The van der Waals surface area contributed by atoms with Crippen molar-refractivity contribution in [3.8, 4) is 0 Å². The van der Waals surface area contributed by atoms with Gasteiger partial charge in [-0.2, -0.15) is 0 Å². The average Bonchev–Trinajstić information content (AvgIpc) is 3.33. The van der Waals surface area contributed by atoms with Crippen LogP contribution >= 0.6 is 0 Å². The Labute approximate surface area is 194 Å². The van der Waals surface area contributed by atoms with Gasteiger partial charge in [-0.05, 0) is 35.7 Å². The van der Waals surface area contributed by atoms with E-state index in [0.29, 0.717) is 24.5 Å². The number of sulfonamides is 1. The first-order valence-corrected chi connectivity index (χ1v) is 12.3. The highest BCUT2D eigenvalue weighted by Gasteiger charge is 2.19. The van der Waals surface area contributed by atoms with Gasteiger partial charge < -0.3 is 5.32 Å². The number of nitrogens with zero attached hydrogens (tertiary/aromatic N) is 1. The van der Waals surface area contributed by atoms with Crippen LogP contribution in [0, 0.1) is 0 Å². The minimum absolute atomic E-state index is 0.0560. The van der Waals surface area contributed by atoms with Crippen LogP contribution in [0.25, 0.3) is 0 Å². The fourth-order valence-corrected chi connectivity index (χ4v) is 4.83. The third-order valence-corrected chi connectivity index (χ3v) is 6.67. The molecule has 3 aromatic carbocycles. The van der Waals surface area contributed by atoms with E-state index in [1.807, 2.05) is 60.7 Å². The normalized spacial score (nSPS) is 13.5. The molecule has 0 spiro atoms. The molecule has 4 rings (SSSR count). The van der Waals surface area contributed by atoms with Crippen molar-refractivity contribution in [2.24, 2.45) is 4.99 Å². The van der Waals surface area contributed by atoms with Gasteiger partial charge in [-0.3, -0.25) is 19.8 Å². The number of hydrogen-bond acceptors (Lipinski definition) is 5. The smallest absolute Gasteiger partial charge is 0.262 e. The summed E-state index contributed by atoms with van der Waals surface area (Å²) in [5.74, 6) is 0.205. The molecule has 0 aliphatic carbocycles. The highest BCUT2D eigenvalue weighted by atomic mass is 32.2. The Morgan fingerprint density at radius 2 is 1.58 bits per heavy atom. The van der Waals surface area contributed by atoms with Crippen molar-refractivity contribution in [1.29, 1.82) is 0 Å². The minimum Gasteiger partial charge on any atom is -0.325 e. The standard InChI is InChI=1S/C25H26N4O3S/c30-24(18-27-25(19-9-3-1-4-10-19)20-11-5-2-6-12-20)28-21-13-7-14-22(17-21)33(31,32)29-23-15-8-16-26-23/h1-7,9-14,17,25,27H,8,15-16,18H2,(H,26,29)(H,28,30). The van der Waals surface area contributed by atoms with Gasteiger partial charge in [-0.15, -0.1) is 0 Å². The lowest BCUT2D eigenvalue weighted by Crippen LogP contribution is -2.32. The Kier molecular flexibility index (Phi) is 7.16. The predicted molar refractivity (Wildman–Crippen MR) is 130 cm³/mol. The summed E-state index contributed by atoms with van der Waals surface area (Å²) in [5.41, 5.74) is 2.50. The Balaban J connectivity index is 1.42. The molecule has 0 aromatic heterocycles. The van der Waals surface area contributed by atoms with Gasteiger partial charge in [0.2, 0.25) is 5.91 Å². The Hall–Kier alpha value is -3.49. The van der Waals surface area contributed by atoms with Crippen molar-refractivity contribution in [2.45, 2.75) is 23.8 Å². The van der Waals surface area contributed by atoms with E-state index in [9.17, 15) is 13.2 Å². The molecule has 0 saturated heterocycles. The molecule has 0 radical (unpaired) electrons. The number of rotatable bonds is 8. The maximum absolute atomic E-state index is 12.7. The highest BCUT2D eigenvalue weighted by molar-refractivity contribution is 7.90. The summed E-state index contributed by atoms with van der Waals surface area (Å²) in [6.07, 6.45) is 1.46. The molecule has 1 heterocycles. The third kappa shape index (κ3) is 6.06. The molecule has 33 heavy (non-hydrogen) atoms. The Morgan fingerprint density at radius 1 is 0.909 bits per heavy atom. The zero-order chi connectivity index (χ0) is 23.1. The van der Waals surface area contributed by atoms with Crippen LogP contribution in [0.2, 0.25) is 0 Å². The van der Waals surface area contributed by atoms with Gasteiger partial charge in [0.1, 0.15) is 5.84 Å². The molecule has 1 aliphatic heterocycles. The molecule has 0 saturated carbocycles. The lowest BCUT2D eigenvalue weighted by atomic mass is 9.99. The molecule has 0 atom stereocenters. The number of nitrogens with one attached hydrogen (secondary N) is 3. The van der Waals surface area contributed by atoms with Crippen LogP contribution in [0.1, 0.15) is 30.0 Å². The molecule has 170 valence electrons. The van der Waals surface area contributed by atoms with Gasteiger partial charge in [0, 0.05) is 18.7 Å². The zero-order valence-electron chi connectivity index (χ0n) is 18.1. The predicted octanol–water partition coefficient (Wildman–Crippen LogP) is 3.47. The quantitative estimate of drug-likeness (QED) is 0.477. The van der Waals surface area contributed by atoms with E-state index in [-0.39, 0.29) is 23.4 Å². The van der Waals surface area contributed by atoms with E-state index in [4.69, 9.17) is 0 Å². The van der Waals surface area contributed by atoms with Crippen LogP contribution in [0.3, 0.4) is 0 Å². The number of amides is 1. The van der Waals surface area contributed by atoms with Gasteiger partial charge in [-0.1, -0.05) is 66.7 Å². The van der Waals surface area contributed by atoms with E-state index >= 15 is 0 Å². The number of aliphatic imine (C=N–C) groups is 1. The van der Waals surface area contributed by atoms with Crippen LogP contribution in [0.4, 0.5) is 5.69 Å². The van der Waals surface area contributed by atoms with Gasteiger partial charge in [-0.25, -0.2) is 8.42 Å². The maximum Gasteiger partial charge on any atom is 0.262 e. The summed E-state index contributed by atoms with van der Waals surface area (Å²) in [6, 6.07) is 25.9. The zero-order valence-corrected chi connectivity index (χ0v) is 18.9. The Bertz CT molecular complexity index is 1190. The van der Waals surface area contributed by atoms with Crippen molar-refractivity contribution in [3.05, 3.63) is 96.1 Å². The third-order valence-electron chi connectivity index (χ3n) is 5.29. The number of amidine groups is 1. The second-order valence-electron chi connectivity index (χ2n) is 7.75. The molecular formula is C25H26N4O3S. The lowest BCUT2D eigenvalue weighted by Gasteiger charge is -2.20. The van der Waals surface area contributed by atoms with Crippen LogP contribution in [-0.4, -0.2) is 33.3 Å². The van der Waals surface area contributed by atoms with E-state index < -0.39 is 10.0 Å². The fourth-order valence-electron chi connectivity index (χ4n) is 3.70. The topological polar surface area (TPSA) is 99.7 Å². The lowest BCUT2D eigenvalue weighted by molar-refractivity contribution is -0.115. The van der Waals surface area contributed by atoms with Crippen LogP contribution < -0.4 is 15.4 Å². The van der Waals surface area contributed by atoms with Gasteiger partial charge in [0.05, 0.1) is 17.5 Å². The van der Waals surface area contributed by atoms with Gasteiger partial charge >= 0.3 is 0 Å². The number of carbonyl (C=O) groups is 1. The first-order chi connectivity index (χ1) is 16.0. The SMILES string of the molecule is O=C(CNC(c1ccccc1)c1ccccc1)Nc1cccc(S(=O)(=O)NC2=NCCC2)c1. The van der Waals surface area contributed by atoms with E-state index in [2.05, 4.69) is 20.3 Å². The molecule has 3 aromatic rings. The van der Waals surface area contributed by atoms with Crippen LogP contribution in [0.15, 0.2) is 94.8 Å². The fraction of sp³-hybridized carbons (Fsp3) is 0.200. The molecule has 0 bridgehead atoms. The van der Waals surface area contributed by atoms with Crippen LogP contribution in [-0.2, 0) is 14.8 Å². The number of anilines is 1. The van der Waals surface area contributed by atoms with Crippen molar-refractivity contribution < 1.29 is 13.2 Å². The summed E-state index contributed by atoms with van der Waals surface area (Å²) >= 11 is 0. The summed E-state index contributed by atoms with van der Waals surface area (Å²) in [5, 5.41) is 6.09. The van der Waals surface area contributed by atoms with Crippen molar-refractivity contribution >= 4 is 27.5 Å². The molecular weight excluding hydrogens is 436 g/mol. The molecule has 1 amide bonds. The van der Waals surface area contributed by atoms with Crippen molar-refractivity contribution in [2.75, 3.05) is 18.4 Å². The average molecular weight is 463 g/mol. The van der Waals surface area contributed by atoms with Gasteiger partial charge in [0.25, 0.3) is 10.0 Å². The molecule has 7 nitrogen and oxygen atoms in total. The van der Waals surface area contributed by atoms with E-state index in [0.717, 1.165) is 17.5 Å². The summed E-state index contributed by atoms with van der Waals surface area (Å²) in [6.45, 7) is 0.689. The van der Waals surface area contributed by atoms with Crippen molar-refractivity contribution in [3.63, 3.8) is 0 Å². The van der Waals surface area contributed by atoms with Crippen LogP contribution in [0.5, 0.6) is 0 Å². The minimum atomic E-state index is -3.75. The summed E-state index contributed by atoms with van der Waals surface area (Å²) in [7, 11) is -3.75. The first-order valence-electron chi connectivity index (χ1n) is 10.8. The summed E-state index contributed by atoms with van der Waals surface area (Å²) in [4.78, 5) is 16.9. The monoisotopic (exact) mass is 462 g/mol. The number of carbonyl (C=O) groups excluding carboxylic acids is 1. The molecule has 0 fully saturated rings. The van der Waals surface area contributed by atoms with E-state index in [1.165, 1.54) is 12.1 Å². The van der Waals surface area contributed by atoms with Crippen molar-refractivity contribution in [1.82, 2.24) is 10.0 Å². The number of hydrogen-bond donors (Lipinski definition) is 3. The first kappa shape index (κ1) is 22.7. The Morgan fingerprint density at radius 3 is 2.18 bits per heavy atom.